The van der Waals surface area contributed by atoms with E-state index in [0.717, 1.165) is 34.5 Å². The number of imidazole rings is 1. The Bertz CT molecular complexity index is 1010. The third-order valence-electron chi connectivity index (χ3n) is 4.39. The number of halogens is 4. The first-order chi connectivity index (χ1) is 14.0. The molecule has 0 aliphatic heterocycles. The van der Waals surface area contributed by atoms with Gasteiger partial charge in [0.2, 0.25) is 0 Å². The number of fused-ring (bicyclic) bond motifs is 1. The third kappa shape index (κ3) is 6.46. The summed E-state index contributed by atoms with van der Waals surface area (Å²) in [4.78, 5) is 15.9. The number of phenols is 1. The fourth-order valence-corrected chi connectivity index (χ4v) is 3.13. The van der Waals surface area contributed by atoms with Crippen LogP contribution in [0.2, 0.25) is 0 Å². The van der Waals surface area contributed by atoms with Crippen LogP contribution in [-0.2, 0) is 11.3 Å². The predicted octanol–water partition coefficient (Wildman–Crippen LogP) is 5.02. The molecule has 0 aliphatic carbocycles. The second-order valence-corrected chi connectivity index (χ2v) is 7.40. The van der Waals surface area contributed by atoms with Gasteiger partial charge in [0.15, 0.2) is 0 Å². The number of hydrogen-bond donors (Lipinski definition) is 2. The summed E-state index contributed by atoms with van der Waals surface area (Å²) in [5.74, 6) is -2.45. The number of aliphatic carboxylic acids is 1. The van der Waals surface area contributed by atoms with Crippen LogP contribution in [0.1, 0.15) is 31.1 Å². The van der Waals surface area contributed by atoms with Crippen LogP contribution in [0.15, 0.2) is 53.3 Å². The number of pyridine rings is 1. The lowest BCUT2D eigenvalue weighted by molar-refractivity contribution is -0.192. The van der Waals surface area contributed by atoms with Gasteiger partial charge in [-0.3, -0.25) is 4.90 Å². The standard InChI is InChI=1S/C18H20BrN3O.C2HF3O2/c1-3-21(13(2)14-5-4-6-17(23)9-14)11-16-12-22-8-7-15(19)10-18(22)20-16;3-2(4,5)1(6)7/h4-10,12-13,23H,3,11H2,1-2H3;(H,6,7). The van der Waals surface area contributed by atoms with E-state index in [2.05, 4.69) is 40.9 Å². The molecular weight excluding hydrogens is 467 g/mol. The first kappa shape index (κ1) is 23.7. The summed E-state index contributed by atoms with van der Waals surface area (Å²) < 4.78 is 34.8. The number of carboxylic acids is 1. The fourth-order valence-electron chi connectivity index (χ4n) is 2.81. The minimum Gasteiger partial charge on any atom is -0.508 e. The van der Waals surface area contributed by atoms with Gasteiger partial charge in [-0.25, -0.2) is 9.78 Å². The van der Waals surface area contributed by atoms with Crippen molar-refractivity contribution in [3.63, 3.8) is 0 Å². The van der Waals surface area contributed by atoms with Gasteiger partial charge in [0.05, 0.1) is 5.69 Å². The van der Waals surface area contributed by atoms with Gasteiger partial charge in [-0.05, 0) is 43.3 Å². The van der Waals surface area contributed by atoms with Gasteiger partial charge in [-0.2, -0.15) is 13.2 Å². The molecule has 10 heteroatoms. The van der Waals surface area contributed by atoms with Gasteiger partial charge < -0.3 is 14.6 Å². The smallest absolute Gasteiger partial charge is 0.490 e. The van der Waals surface area contributed by atoms with Crippen LogP contribution in [0.3, 0.4) is 0 Å². The van der Waals surface area contributed by atoms with Crippen molar-refractivity contribution in [3.8, 4) is 5.75 Å². The number of hydrogen-bond acceptors (Lipinski definition) is 4. The molecule has 0 saturated carbocycles. The number of rotatable bonds is 5. The van der Waals surface area contributed by atoms with E-state index in [1.165, 1.54) is 0 Å². The molecule has 0 aliphatic rings. The maximum absolute atomic E-state index is 10.6. The summed E-state index contributed by atoms with van der Waals surface area (Å²) >= 11 is 3.48. The summed E-state index contributed by atoms with van der Waals surface area (Å²) in [5.41, 5.74) is 3.09. The highest BCUT2D eigenvalue weighted by Crippen LogP contribution is 2.25. The molecule has 3 rings (SSSR count). The number of alkyl halides is 3. The van der Waals surface area contributed by atoms with Crippen LogP contribution in [0, 0.1) is 0 Å². The average molecular weight is 488 g/mol. The van der Waals surface area contributed by atoms with Crippen LogP contribution < -0.4 is 0 Å². The van der Waals surface area contributed by atoms with Crippen molar-refractivity contribution in [1.29, 1.82) is 0 Å². The molecule has 0 spiro atoms. The topological polar surface area (TPSA) is 78.1 Å². The Morgan fingerprint density at radius 1 is 1.30 bits per heavy atom. The molecule has 2 heterocycles. The van der Waals surface area contributed by atoms with Crippen LogP contribution in [0.4, 0.5) is 13.2 Å². The SMILES string of the molecule is CCN(Cc1cn2ccc(Br)cc2n1)C(C)c1cccc(O)c1.O=C(O)C(F)(F)F. The zero-order valence-electron chi connectivity index (χ0n) is 16.3. The van der Waals surface area contributed by atoms with Crippen molar-refractivity contribution in [2.24, 2.45) is 0 Å². The van der Waals surface area contributed by atoms with Crippen LogP contribution in [0.5, 0.6) is 5.75 Å². The molecule has 1 unspecified atom stereocenters. The summed E-state index contributed by atoms with van der Waals surface area (Å²) in [5, 5.41) is 16.8. The van der Waals surface area contributed by atoms with E-state index in [4.69, 9.17) is 14.9 Å². The molecule has 162 valence electrons. The normalized spacial score (nSPS) is 12.5. The number of carbonyl (C=O) groups is 1. The van der Waals surface area contributed by atoms with E-state index >= 15 is 0 Å². The van der Waals surface area contributed by atoms with Gasteiger partial charge >= 0.3 is 12.1 Å². The second-order valence-electron chi connectivity index (χ2n) is 6.48. The quantitative estimate of drug-likeness (QED) is 0.528. The number of nitrogens with zero attached hydrogens (tertiary/aromatic N) is 3. The molecule has 2 aromatic heterocycles. The molecule has 6 nitrogen and oxygen atoms in total. The first-order valence-corrected chi connectivity index (χ1v) is 9.76. The second kappa shape index (κ2) is 9.94. The van der Waals surface area contributed by atoms with Crippen LogP contribution >= 0.6 is 15.9 Å². The molecule has 1 atom stereocenters. The van der Waals surface area contributed by atoms with E-state index in [1.54, 1.807) is 6.07 Å². The molecule has 0 radical (unpaired) electrons. The zero-order valence-corrected chi connectivity index (χ0v) is 17.9. The predicted molar refractivity (Wildman–Crippen MR) is 109 cm³/mol. The molecule has 0 saturated heterocycles. The molecule has 30 heavy (non-hydrogen) atoms. The first-order valence-electron chi connectivity index (χ1n) is 8.97. The van der Waals surface area contributed by atoms with Crippen molar-refractivity contribution in [2.45, 2.75) is 32.6 Å². The van der Waals surface area contributed by atoms with Crippen molar-refractivity contribution >= 4 is 27.5 Å². The number of aromatic hydroxyl groups is 1. The highest BCUT2D eigenvalue weighted by molar-refractivity contribution is 9.10. The number of carboxylic acid groups (broad SMARTS) is 1. The Balaban J connectivity index is 0.000000396. The minimum absolute atomic E-state index is 0.212. The summed E-state index contributed by atoms with van der Waals surface area (Å²) in [6, 6.07) is 11.7. The highest BCUT2D eigenvalue weighted by atomic mass is 79.9. The van der Waals surface area contributed by atoms with Crippen LogP contribution in [0.25, 0.3) is 5.65 Å². The summed E-state index contributed by atoms with van der Waals surface area (Å²) in [6.07, 6.45) is -1.01. The molecular formula is C20H21BrF3N3O3. The molecule has 0 amide bonds. The molecule has 0 fully saturated rings. The molecule has 3 aromatic rings. The lowest BCUT2D eigenvalue weighted by Gasteiger charge is -2.27. The van der Waals surface area contributed by atoms with Gasteiger partial charge in [0, 0.05) is 29.5 Å². The summed E-state index contributed by atoms with van der Waals surface area (Å²) in [6.45, 7) is 5.98. The highest BCUT2D eigenvalue weighted by Gasteiger charge is 2.38. The number of phenolic OH excluding ortho intramolecular Hbond substituents is 1. The largest absolute Gasteiger partial charge is 0.508 e. The number of aromatic nitrogens is 2. The van der Waals surface area contributed by atoms with Gasteiger partial charge in [0.25, 0.3) is 0 Å². The summed E-state index contributed by atoms with van der Waals surface area (Å²) in [7, 11) is 0. The lowest BCUT2D eigenvalue weighted by atomic mass is 10.1. The molecule has 1 aromatic carbocycles. The Morgan fingerprint density at radius 2 is 1.97 bits per heavy atom. The zero-order chi connectivity index (χ0) is 22.5. The Kier molecular flexibility index (Phi) is 7.85. The molecule has 0 bridgehead atoms. The third-order valence-corrected chi connectivity index (χ3v) is 4.88. The van der Waals surface area contributed by atoms with Crippen LogP contribution in [-0.4, -0.2) is 43.2 Å². The van der Waals surface area contributed by atoms with Gasteiger partial charge in [0.1, 0.15) is 11.4 Å². The van der Waals surface area contributed by atoms with E-state index in [0.29, 0.717) is 5.75 Å². The van der Waals surface area contributed by atoms with E-state index in [-0.39, 0.29) is 6.04 Å². The molecule has 2 N–H and O–H groups in total. The Labute approximate surface area is 179 Å². The Hall–Kier alpha value is -2.59. The Morgan fingerprint density at radius 3 is 2.53 bits per heavy atom. The van der Waals surface area contributed by atoms with Crippen molar-refractivity contribution in [2.75, 3.05) is 6.54 Å². The van der Waals surface area contributed by atoms with Gasteiger partial charge in [-0.1, -0.05) is 35.0 Å². The van der Waals surface area contributed by atoms with E-state index < -0.39 is 12.1 Å². The monoisotopic (exact) mass is 487 g/mol. The van der Waals surface area contributed by atoms with Gasteiger partial charge in [-0.15, -0.1) is 0 Å². The van der Waals surface area contributed by atoms with Crippen molar-refractivity contribution in [1.82, 2.24) is 14.3 Å². The fraction of sp³-hybridized carbons (Fsp3) is 0.300. The lowest BCUT2D eigenvalue weighted by Crippen LogP contribution is -2.26. The average Bonchev–Trinajstić information content (AvgIpc) is 3.06. The van der Waals surface area contributed by atoms with E-state index in [1.807, 2.05) is 40.9 Å². The minimum atomic E-state index is -5.08. The number of benzene rings is 1. The van der Waals surface area contributed by atoms with E-state index in [9.17, 15) is 18.3 Å². The maximum Gasteiger partial charge on any atom is 0.490 e. The van der Waals surface area contributed by atoms with Crippen molar-refractivity contribution < 1.29 is 28.2 Å². The van der Waals surface area contributed by atoms with Crippen molar-refractivity contribution in [3.05, 3.63) is 64.5 Å². The maximum atomic E-state index is 10.6.